The van der Waals surface area contributed by atoms with E-state index in [4.69, 9.17) is 4.74 Å². The average molecular weight is 347 g/mol. The van der Waals surface area contributed by atoms with Crippen LogP contribution in [-0.2, 0) is 6.61 Å². The molecular formula is C23H25NO2. The third kappa shape index (κ3) is 3.33. The molecule has 1 aliphatic heterocycles. The van der Waals surface area contributed by atoms with Crippen LogP contribution in [0.1, 0.15) is 12.0 Å². The quantitative estimate of drug-likeness (QED) is 0.746. The van der Waals surface area contributed by atoms with E-state index in [-0.39, 0.29) is 6.61 Å². The van der Waals surface area contributed by atoms with Gasteiger partial charge in [0.25, 0.3) is 0 Å². The number of aliphatic hydroxyl groups excluding tert-OH is 1. The molecule has 1 heterocycles. The van der Waals surface area contributed by atoms with Gasteiger partial charge in [0.05, 0.1) is 13.2 Å². The summed E-state index contributed by atoms with van der Waals surface area (Å²) in [5.74, 6) is 1.55. The first kappa shape index (κ1) is 17.1. The van der Waals surface area contributed by atoms with Crippen LogP contribution in [0.4, 0.5) is 0 Å². The Labute approximate surface area is 154 Å². The summed E-state index contributed by atoms with van der Waals surface area (Å²) >= 11 is 0. The molecule has 1 fully saturated rings. The van der Waals surface area contributed by atoms with Gasteiger partial charge in [0, 0.05) is 17.8 Å². The van der Waals surface area contributed by atoms with E-state index in [0.717, 1.165) is 52.9 Å². The topological polar surface area (TPSA) is 32.7 Å². The Morgan fingerprint density at radius 1 is 0.962 bits per heavy atom. The summed E-state index contributed by atoms with van der Waals surface area (Å²) in [6, 6.07) is 20.6. The number of likely N-dealkylation sites (tertiary alicyclic amines) is 1. The van der Waals surface area contributed by atoms with E-state index in [1.165, 1.54) is 6.42 Å². The maximum atomic E-state index is 9.70. The van der Waals surface area contributed by atoms with Crippen LogP contribution >= 0.6 is 0 Å². The number of nitrogens with zero attached hydrogens (tertiary/aromatic N) is 1. The smallest absolute Gasteiger partial charge is 0.127 e. The van der Waals surface area contributed by atoms with Crippen LogP contribution in [0.25, 0.3) is 21.9 Å². The minimum Gasteiger partial charge on any atom is -0.493 e. The van der Waals surface area contributed by atoms with Gasteiger partial charge in [-0.05, 0) is 48.2 Å². The number of aliphatic hydroxyl groups is 1. The molecule has 1 N–H and O–H groups in total. The van der Waals surface area contributed by atoms with Gasteiger partial charge in [-0.25, -0.2) is 0 Å². The molecule has 1 saturated heterocycles. The van der Waals surface area contributed by atoms with Crippen LogP contribution in [0.15, 0.2) is 60.7 Å². The second-order valence-corrected chi connectivity index (χ2v) is 7.20. The molecule has 1 atom stereocenters. The van der Waals surface area contributed by atoms with E-state index in [0.29, 0.717) is 5.92 Å². The Morgan fingerprint density at radius 3 is 2.50 bits per heavy atom. The summed E-state index contributed by atoms with van der Waals surface area (Å²) in [6.45, 7) is 3.07. The zero-order chi connectivity index (χ0) is 17.9. The second kappa shape index (κ2) is 7.48. The van der Waals surface area contributed by atoms with Crippen LogP contribution in [-0.4, -0.2) is 36.8 Å². The molecule has 26 heavy (non-hydrogen) atoms. The van der Waals surface area contributed by atoms with E-state index < -0.39 is 0 Å². The SMILES string of the molecule is CN1CCC(COc2ccc(-c3ccccc3CO)c3ccccc23)C1. The highest BCUT2D eigenvalue weighted by Gasteiger charge is 2.20. The molecule has 0 amide bonds. The summed E-state index contributed by atoms with van der Waals surface area (Å²) in [7, 11) is 2.17. The fourth-order valence-corrected chi connectivity index (χ4v) is 3.92. The van der Waals surface area contributed by atoms with Crippen molar-refractivity contribution < 1.29 is 9.84 Å². The van der Waals surface area contributed by atoms with Gasteiger partial charge in [0.15, 0.2) is 0 Å². The molecule has 3 aromatic carbocycles. The van der Waals surface area contributed by atoms with Crippen molar-refractivity contribution in [1.82, 2.24) is 4.90 Å². The molecule has 0 bridgehead atoms. The van der Waals surface area contributed by atoms with Crippen molar-refractivity contribution >= 4 is 10.8 Å². The standard InChI is InChI=1S/C23H25NO2/c1-24-13-12-17(14-24)16-26-23-11-10-21(20-8-4-5-9-22(20)23)19-7-3-2-6-18(19)15-25/h2-11,17,25H,12-16H2,1H3. The summed E-state index contributed by atoms with van der Waals surface area (Å²) in [6.07, 6.45) is 1.20. The normalized spacial score (nSPS) is 17.7. The maximum Gasteiger partial charge on any atom is 0.127 e. The Bertz CT molecular complexity index is 906. The highest BCUT2D eigenvalue weighted by atomic mass is 16.5. The Morgan fingerprint density at radius 2 is 1.73 bits per heavy atom. The van der Waals surface area contributed by atoms with Crippen LogP contribution in [0.5, 0.6) is 5.75 Å². The maximum absolute atomic E-state index is 9.70. The van der Waals surface area contributed by atoms with Crippen molar-refractivity contribution in [2.24, 2.45) is 5.92 Å². The van der Waals surface area contributed by atoms with E-state index >= 15 is 0 Å². The molecule has 0 aromatic heterocycles. The molecule has 4 rings (SSSR count). The first-order valence-corrected chi connectivity index (χ1v) is 9.28. The molecule has 3 heteroatoms. The fourth-order valence-electron chi connectivity index (χ4n) is 3.92. The van der Waals surface area contributed by atoms with Crippen molar-refractivity contribution in [1.29, 1.82) is 0 Å². The molecule has 3 nitrogen and oxygen atoms in total. The first-order chi connectivity index (χ1) is 12.8. The van der Waals surface area contributed by atoms with Crippen molar-refractivity contribution in [2.45, 2.75) is 13.0 Å². The van der Waals surface area contributed by atoms with Gasteiger partial charge in [-0.15, -0.1) is 0 Å². The predicted octanol–water partition coefficient (Wildman–Crippen LogP) is 4.33. The molecular weight excluding hydrogens is 322 g/mol. The lowest BCUT2D eigenvalue weighted by molar-refractivity contribution is 0.251. The lowest BCUT2D eigenvalue weighted by Crippen LogP contribution is -2.18. The third-order valence-electron chi connectivity index (χ3n) is 5.33. The molecule has 0 saturated carbocycles. The lowest BCUT2D eigenvalue weighted by Gasteiger charge is -2.16. The zero-order valence-electron chi connectivity index (χ0n) is 15.2. The Balaban J connectivity index is 1.69. The van der Waals surface area contributed by atoms with Crippen molar-refractivity contribution in [3.63, 3.8) is 0 Å². The number of rotatable bonds is 5. The summed E-state index contributed by atoms with van der Waals surface area (Å²) in [5.41, 5.74) is 3.16. The predicted molar refractivity (Wildman–Crippen MR) is 106 cm³/mol. The van der Waals surface area contributed by atoms with Gasteiger partial charge in [-0.2, -0.15) is 0 Å². The van der Waals surface area contributed by atoms with Gasteiger partial charge < -0.3 is 14.7 Å². The molecule has 0 radical (unpaired) electrons. The van der Waals surface area contributed by atoms with Gasteiger partial charge in [0.2, 0.25) is 0 Å². The fraction of sp³-hybridized carbons (Fsp3) is 0.304. The largest absolute Gasteiger partial charge is 0.493 e. The van der Waals surface area contributed by atoms with Gasteiger partial charge >= 0.3 is 0 Å². The van der Waals surface area contributed by atoms with Crippen LogP contribution in [0.3, 0.4) is 0 Å². The molecule has 1 unspecified atom stereocenters. The van der Waals surface area contributed by atoms with Crippen molar-refractivity contribution in [3.05, 3.63) is 66.2 Å². The number of benzene rings is 3. The van der Waals surface area contributed by atoms with Crippen LogP contribution in [0.2, 0.25) is 0 Å². The van der Waals surface area contributed by atoms with Gasteiger partial charge in [-0.1, -0.05) is 54.6 Å². The molecule has 0 aliphatic carbocycles. The summed E-state index contributed by atoms with van der Waals surface area (Å²) < 4.78 is 6.22. The lowest BCUT2D eigenvalue weighted by atomic mass is 9.94. The molecule has 1 aliphatic rings. The Hall–Kier alpha value is -2.36. The van der Waals surface area contributed by atoms with Crippen LogP contribution in [0, 0.1) is 5.92 Å². The average Bonchev–Trinajstić information content (AvgIpc) is 3.11. The number of hydrogen-bond acceptors (Lipinski definition) is 3. The minimum absolute atomic E-state index is 0.0396. The van der Waals surface area contributed by atoms with Crippen molar-refractivity contribution in [2.75, 3.05) is 26.7 Å². The van der Waals surface area contributed by atoms with E-state index in [2.05, 4.69) is 54.4 Å². The van der Waals surface area contributed by atoms with E-state index in [9.17, 15) is 5.11 Å². The third-order valence-corrected chi connectivity index (χ3v) is 5.33. The molecule has 3 aromatic rings. The Kier molecular flexibility index (Phi) is 4.91. The van der Waals surface area contributed by atoms with Gasteiger partial charge in [0.1, 0.15) is 5.75 Å². The first-order valence-electron chi connectivity index (χ1n) is 9.28. The monoisotopic (exact) mass is 347 g/mol. The highest BCUT2D eigenvalue weighted by molar-refractivity contribution is 6.00. The number of ether oxygens (including phenoxy) is 1. The van der Waals surface area contributed by atoms with Crippen LogP contribution < -0.4 is 4.74 Å². The van der Waals surface area contributed by atoms with Crippen molar-refractivity contribution in [3.8, 4) is 16.9 Å². The van der Waals surface area contributed by atoms with Gasteiger partial charge in [-0.3, -0.25) is 0 Å². The summed E-state index contributed by atoms with van der Waals surface area (Å²) in [4.78, 5) is 2.36. The van der Waals surface area contributed by atoms with E-state index in [1.54, 1.807) is 0 Å². The minimum atomic E-state index is 0.0396. The highest BCUT2D eigenvalue weighted by Crippen LogP contribution is 2.36. The molecule has 134 valence electrons. The number of hydrogen-bond donors (Lipinski definition) is 1. The second-order valence-electron chi connectivity index (χ2n) is 7.20. The zero-order valence-corrected chi connectivity index (χ0v) is 15.2. The number of fused-ring (bicyclic) bond motifs is 1. The van der Waals surface area contributed by atoms with E-state index in [1.807, 2.05) is 18.2 Å². The summed E-state index contributed by atoms with van der Waals surface area (Å²) in [5, 5.41) is 12.0. The molecule has 0 spiro atoms.